The van der Waals surface area contributed by atoms with Gasteiger partial charge in [0.1, 0.15) is 0 Å². The first-order chi connectivity index (χ1) is 14.1. The van der Waals surface area contributed by atoms with Crippen molar-refractivity contribution < 1.29 is 4.79 Å². The van der Waals surface area contributed by atoms with Gasteiger partial charge in [0.2, 0.25) is 0 Å². The Morgan fingerprint density at radius 2 is 1.48 bits per heavy atom. The molecule has 0 bridgehead atoms. The van der Waals surface area contributed by atoms with Gasteiger partial charge in [0.05, 0.1) is 0 Å². The first-order valence-electron chi connectivity index (χ1n) is 10.6. The zero-order chi connectivity index (χ0) is 20.2. The van der Waals surface area contributed by atoms with Crippen molar-refractivity contribution in [3.8, 4) is 0 Å². The standard InChI is InChI=1S/C22H30N6O/c1-17-9-11-26(12-10-17)20-7-8-21(25-24-20)27-13-15-28(16-14-27)22(29)23-19-6-4-3-5-18(19)2/h3-8,17H,9-16H2,1-2H3,(H,23,29). The molecule has 1 aromatic carbocycles. The summed E-state index contributed by atoms with van der Waals surface area (Å²) in [6.45, 7) is 9.30. The molecule has 0 radical (unpaired) electrons. The number of hydrogen-bond donors (Lipinski definition) is 1. The highest BCUT2D eigenvalue weighted by atomic mass is 16.2. The molecule has 4 rings (SSSR count). The van der Waals surface area contributed by atoms with Gasteiger partial charge < -0.3 is 20.0 Å². The van der Waals surface area contributed by atoms with Crippen molar-refractivity contribution in [2.75, 3.05) is 54.4 Å². The van der Waals surface area contributed by atoms with Crippen LogP contribution in [0.3, 0.4) is 0 Å². The molecular formula is C22H30N6O. The van der Waals surface area contributed by atoms with Crippen LogP contribution in [0.1, 0.15) is 25.3 Å². The van der Waals surface area contributed by atoms with Crippen molar-refractivity contribution in [2.45, 2.75) is 26.7 Å². The minimum atomic E-state index is -0.0419. The second-order valence-electron chi connectivity index (χ2n) is 8.14. The number of carbonyl (C=O) groups excluding carboxylic acids is 1. The number of para-hydroxylation sites is 1. The van der Waals surface area contributed by atoms with Crippen LogP contribution >= 0.6 is 0 Å². The number of urea groups is 1. The van der Waals surface area contributed by atoms with E-state index in [1.165, 1.54) is 12.8 Å². The molecule has 154 valence electrons. The number of nitrogens with one attached hydrogen (secondary N) is 1. The average molecular weight is 395 g/mol. The second kappa shape index (κ2) is 8.68. The molecule has 2 amide bonds. The lowest BCUT2D eigenvalue weighted by molar-refractivity contribution is 0.208. The number of carbonyl (C=O) groups is 1. The van der Waals surface area contributed by atoms with Gasteiger partial charge in [0.15, 0.2) is 11.6 Å². The molecule has 1 aromatic heterocycles. The van der Waals surface area contributed by atoms with Crippen LogP contribution in [0.15, 0.2) is 36.4 Å². The van der Waals surface area contributed by atoms with E-state index < -0.39 is 0 Å². The SMILES string of the molecule is Cc1ccccc1NC(=O)N1CCN(c2ccc(N3CCC(C)CC3)nn2)CC1. The van der Waals surface area contributed by atoms with Gasteiger partial charge in [-0.1, -0.05) is 25.1 Å². The Labute approximate surface area is 172 Å². The lowest BCUT2D eigenvalue weighted by Crippen LogP contribution is -2.50. The van der Waals surface area contributed by atoms with E-state index in [1.807, 2.05) is 36.1 Å². The van der Waals surface area contributed by atoms with Gasteiger partial charge in [-0.2, -0.15) is 0 Å². The molecule has 2 fully saturated rings. The highest BCUT2D eigenvalue weighted by Gasteiger charge is 2.23. The summed E-state index contributed by atoms with van der Waals surface area (Å²) in [5.41, 5.74) is 1.94. The number of piperazine rings is 1. The number of benzene rings is 1. The van der Waals surface area contributed by atoms with Gasteiger partial charge in [-0.3, -0.25) is 0 Å². The van der Waals surface area contributed by atoms with Crippen LogP contribution in [0.4, 0.5) is 22.1 Å². The van der Waals surface area contributed by atoms with E-state index in [2.05, 4.69) is 44.4 Å². The summed E-state index contributed by atoms with van der Waals surface area (Å²) < 4.78 is 0. The third-order valence-corrected chi connectivity index (χ3v) is 6.02. The number of nitrogens with zero attached hydrogens (tertiary/aromatic N) is 5. The van der Waals surface area contributed by atoms with Crippen molar-refractivity contribution in [3.63, 3.8) is 0 Å². The summed E-state index contributed by atoms with van der Waals surface area (Å²) in [5.74, 6) is 2.66. The van der Waals surface area contributed by atoms with Crippen LogP contribution in [0.2, 0.25) is 0 Å². The van der Waals surface area contributed by atoms with Gasteiger partial charge in [0, 0.05) is 45.0 Å². The molecular weight excluding hydrogens is 364 g/mol. The monoisotopic (exact) mass is 394 g/mol. The van der Waals surface area contributed by atoms with Gasteiger partial charge in [-0.15, -0.1) is 10.2 Å². The molecule has 2 aromatic rings. The molecule has 7 nitrogen and oxygen atoms in total. The third kappa shape index (κ3) is 4.60. The molecule has 7 heteroatoms. The number of piperidine rings is 1. The van der Waals surface area contributed by atoms with E-state index in [9.17, 15) is 4.79 Å². The van der Waals surface area contributed by atoms with Crippen LogP contribution in [0.5, 0.6) is 0 Å². The van der Waals surface area contributed by atoms with Gasteiger partial charge >= 0.3 is 6.03 Å². The Hall–Kier alpha value is -2.83. The van der Waals surface area contributed by atoms with Gasteiger partial charge in [0.25, 0.3) is 0 Å². The molecule has 0 saturated carbocycles. The van der Waals surface area contributed by atoms with Crippen molar-refractivity contribution in [2.24, 2.45) is 5.92 Å². The van der Waals surface area contributed by atoms with Crippen LogP contribution in [0.25, 0.3) is 0 Å². The summed E-state index contributed by atoms with van der Waals surface area (Å²) in [7, 11) is 0. The summed E-state index contributed by atoms with van der Waals surface area (Å²) in [6.07, 6.45) is 2.44. The Morgan fingerprint density at radius 1 is 0.897 bits per heavy atom. The quantitative estimate of drug-likeness (QED) is 0.865. The largest absolute Gasteiger partial charge is 0.355 e. The molecule has 3 heterocycles. The lowest BCUT2D eigenvalue weighted by atomic mass is 9.99. The minimum Gasteiger partial charge on any atom is -0.355 e. The van der Waals surface area contributed by atoms with Gasteiger partial charge in [-0.05, 0) is 49.4 Å². The number of hydrogen-bond acceptors (Lipinski definition) is 5. The fraction of sp³-hybridized carbons (Fsp3) is 0.500. The van der Waals surface area contributed by atoms with E-state index in [0.29, 0.717) is 13.1 Å². The van der Waals surface area contributed by atoms with Crippen LogP contribution in [0, 0.1) is 12.8 Å². The predicted octanol–water partition coefficient (Wildman–Crippen LogP) is 3.38. The second-order valence-corrected chi connectivity index (χ2v) is 8.14. The molecule has 1 N–H and O–H groups in total. The normalized spacial score (nSPS) is 18.1. The number of rotatable bonds is 3. The van der Waals surface area contributed by atoms with Crippen LogP contribution < -0.4 is 15.1 Å². The number of anilines is 3. The fourth-order valence-electron chi connectivity index (χ4n) is 3.94. The molecule has 2 saturated heterocycles. The summed E-state index contributed by atoms with van der Waals surface area (Å²) >= 11 is 0. The first kappa shape index (κ1) is 19.5. The topological polar surface area (TPSA) is 64.6 Å². The van der Waals surface area contributed by atoms with E-state index in [0.717, 1.165) is 55.0 Å². The number of aromatic nitrogens is 2. The summed E-state index contributed by atoms with van der Waals surface area (Å²) in [5, 5.41) is 11.9. The van der Waals surface area contributed by atoms with E-state index >= 15 is 0 Å². The summed E-state index contributed by atoms with van der Waals surface area (Å²) in [4.78, 5) is 19.0. The zero-order valence-corrected chi connectivity index (χ0v) is 17.3. The molecule has 29 heavy (non-hydrogen) atoms. The Morgan fingerprint density at radius 3 is 2.07 bits per heavy atom. The maximum absolute atomic E-state index is 12.6. The van der Waals surface area contributed by atoms with Crippen molar-refractivity contribution in [1.82, 2.24) is 15.1 Å². The third-order valence-electron chi connectivity index (χ3n) is 6.02. The highest BCUT2D eigenvalue weighted by molar-refractivity contribution is 5.90. The Bertz CT molecular complexity index is 823. The molecule has 0 spiro atoms. The summed E-state index contributed by atoms with van der Waals surface area (Å²) in [6, 6.07) is 11.9. The maximum Gasteiger partial charge on any atom is 0.321 e. The average Bonchev–Trinajstić information content (AvgIpc) is 2.76. The maximum atomic E-state index is 12.6. The molecule has 0 atom stereocenters. The molecule has 0 unspecified atom stereocenters. The highest BCUT2D eigenvalue weighted by Crippen LogP contribution is 2.22. The first-order valence-corrected chi connectivity index (χ1v) is 10.6. The zero-order valence-electron chi connectivity index (χ0n) is 17.3. The smallest absolute Gasteiger partial charge is 0.321 e. The van der Waals surface area contributed by atoms with Crippen molar-refractivity contribution in [1.29, 1.82) is 0 Å². The Balaban J connectivity index is 1.30. The van der Waals surface area contributed by atoms with Crippen LogP contribution in [-0.2, 0) is 0 Å². The lowest BCUT2D eigenvalue weighted by Gasteiger charge is -2.35. The van der Waals surface area contributed by atoms with Crippen LogP contribution in [-0.4, -0.2) is 60.4 Å². The van der Waals surface area contributed by atoms with Gasteiger partial charge in [-0.25, -0.2) is 4.79 Å². The number of aryl methyl sites for hydroxylation is 1. The number of amides is 2. The predicted molar refractivity (Wildman–Crippen MR) is 117 cm³/mol. The van der Waals surface area contributed by atoms with Crippen molar-refractivity contribution in [3.05, 3.63) is 42.0 Å². The molecule has 2 aliphatic rings. The molecule has 0 aliphatic carbocycles. The minimum absolute atomic E-state index is 0.0419. The fourth-order valence-corrected chi connectivity index (χ4v) is 3.94. The van der Waals surface area contributed by atoms with E-state index in [4.69, 9.17) is 0 Å². The molecule has 2 aliphatic heterocycles. The van der Waals surface area contributed by atoms with E-state index in [1.54, 1.807) is 0 Å². The Kier molecular flexibility index (Phi) is 5.83. The van der Waals surface area contributed by atoms with E-state index in [-0.39, 0.29) is 6.03 Å². The van der Waals surface area contributed by atoms with Crippen molar-refractivity contribution >= 4 is 23.4 Å².